The first-order valence-corrected chi connectivity index (χ1v) is 16.9. The second kappa shape index (κ2) is 16.3. The highest BCUT2D eigenvalue weighted by Crippen LogP contribution is 2.42. The molecule has 0 bridgehead atoms. The number of alkyl halides is 3. The van der Waals surface area contributed by atoms with Crippen LogP contribution in [0.1, 0.15) is 56.8 Å². The van der Waals surface area contributed by atoms with Crippen LogP contribution in [0.5, 0.6) is 5.88 Å². The van der Waals surface area contributed by atoms with Gasteiger partial charge in [0.1, 0.15) is 6.04 Å². The van der Waals surface area contributed by atoms with Crippen LogP contribution in [0.15, 0.2) is 115 Å². The normalized spacial score (nSPS) is 14.6. The Morgan fingerprint density at radius 2 is 1.55 bits per heavy atom. The number of nitrogens with two attached hydrogens (primary N) is 1. The highest BCUT2D eigenvalue weighted by Gasteiger charge is 2.46. The van der Waals surface area contributed by atoms with Crippen LogP contribution in [-0.2, 0) is 25.7 Å². The molecule has 0 spiro atoms. The van der Waals surface area contributed by atoms with E-state index in [0.29, 0.717) is 22.4 Å². The van der Waals surface area contributed by atoms with Gasteiger partial charge in [-0.2, -0.15) is 18.2 Å². The fraction of sp³-hybridized carbons (Fsp3) is 0.171. The number of aryl methyl sites for hydroxylation is 1. The average molecular weight is 748 g/mol. The van der Waals surface area contributed by atoms with Crippen molar-refractivity contribution in [2.45, 2.75) is 38.1 Å². The molecule has 55 heavy (non-hydrogen) atoms. The van der Waals surface area contributed by atoms with Crippen LogP contribution in [0.25, 0.3) is 0 Å². The monoisotopic (exact) mass is 747 g/mol. The summed E-state index contributed by atoms with van der Waals surface area (Å²) in [6.45, 7) is 1.67. The molecule has 0 aliphatic carbocycles. The molecule has 5 aromatic rings. The van der Waals surface area contributed by atoms with Crippen molar-refractivity contribution in [2.24, 2.45) is 0 Å². The van der Waals surface area contributed by atoms with E-state index in [1.54, 1.807) is 85.8 Å². The smallest absolute Gasteiger partial charge is 0.464 e. The molecular weight excluding hydrogens is 715 g/mol. The van der Waals surface area contributed by atoms with Crippen LogP contribution >= 0.6 is 0 Å². The number of hydrogen-bond donors (Lipinski definition) is 1. The van der Waals surface area contributed by atoms with E-state index in [2.05, 4.69) is 26.5 Å². The number of benzene rings is 4. The molecule has 1 aliphatic heterocycles. The molecular formula is C41H32F3N5O6. The maximum Gasteiger partial charge on any atom is 0.491 e. The molecule has 6 rings (SSSR count). The lowest BCUT2D eigenvalue weighted by Crippen LogP contribution is -2.45. The standard InChI is InChI=1S/C41H32F3N5O6/c1-26-22-34(47-40(45)46-26)54-21-11-14-27-19-20-32-31(23-27)37(51)49(33(29-15-7-3-8-16-29)24-35(50)55-39(53)41(42,43)44)36(30-17-9-4-10-18-30)38(52)48(32)25-28-12-5-2-6-13-28/h2-10,12-13,15-20,22-23,33,36H,21,24-25H2,1H3,(H2,45,46,47). The molecule has 0 radical (unpaired) electrons. The molecule has 4 aromatic carbocycles. The molecule has 2 unspecified atom stereocenters. The third kappa shape index (κ3) is 8.97. The zero-order valence-electron chi connectivity index (χ0n) is 29.2. The molecule has 14 heteroatoms. The molecule has 2 amide bonds. The first kappa shape index (κ1) is 37.7. The summed E-state index contributed by atoms with van der Waals surface area (Å²) in [4.78, 5) is 65.6. The molecule has 2 heterocycles. The third-order valence-electron chi connectivity index (χ3n) is 8.52. The van der Waals surface area contributed by atoms with E-state index >= 15 is 9.59 Å². The van der Waals surface area contributed by atoms with Gasteiger partial charge in [0, 0.05) is 17.3 Å². The molecule has 278 valence electrons. The number of fused-ring (bicyclic) bond motifs is 1. The predicted molar refractivity (Wildman–Crippen MR) is 194 cm³/mol. The number of rotatable bonds is 9. The number of ether oxygens (including phenoxy) is 2. The van der Waals surface area contributed by atoms with Crippen molar-refractivity contribution in [1.29, 1.82) is 0 Å². The van der Waals surface area contributed by atoms with E-state index in [1.807, 2.05) is 30.3 Å². The van der Waals surface area contributed by atoms with Gasteiger partial charge in [-0.05, 0) is 41.8 Å². The lowest BCUT2D eigenvalue weighted by molar-refractivity contribution is -0.202. The van der Waals surface area contributed by atoms with Crippen molar-refractivity contribution in [3.05, 3.63) is 149 Å². The largest absolute Gasteiger partial charge is 0.491 e. The summed E-state index contributed by atoms with van der Waals surface area (Å²) in [6.07, 6.45) is -6.34. The number of halogens is 3. The Kier molecular flexibility index (Phi) is 11.2. The number of anilines is 2. The van der Waals surface area contributed by atoms with Gasteiger partial charge in [-0.25, -0.2) is 9.78 Å². The van der Waals surface area contributed by atoms with Gasteiger partial charge in [-0.1, -0.05) is 103 Å². The summed E-state index contributed by atoms with van der Waals surface area (Å²) >= 11 is 0. The van der Waals surface area contributed by atoms with E-state index in [-0.39, 0.29) is 36.2 Å². The Balaban J connectivity index is 1.48. The predicted octanol–water partition coefficient (Wildman–Crippen LogP) is 6.29. The van der Waals surface area contributed by atoms with Gasteiger partial charge in [0.05, 0.1) is 30.3 Å². The van der Waals surface area contributed by atoms with Crippen LogP contribution in [0.2, 0.25) is 0 Å². The van der Waals surface area contributed by atoms with Crippen LogP contribution in [0.3, 0.4) is 0 Å². The van der Waals surface area contributed by atoms with Crippen molar-refractivity contribution in [3.63, 3.8) is 0 Å². The van der Waals surface area contributed by atoms with Crippen molar-refractivity contribution >= 4 is 35.4 Å². The minimum atomic E-state index is -5.45. The summed E-state index contributed by atoms with van der Waals surface area (Å²) in [5.74, 6) is 0.541. The molecule has 1 aliphatic rings. The van der Waals surface area contributed by atoms with Gasteiger partial charge in [0.2, 0.25) is 11.8 Å². The fourth-order valence-electron chi connectivity index (χ4n) is 6.15. The van der Waals surface area contributed by atoms with E-state index in [1.165, 1.54) is 11.0 Å². The third-order valence-corrected chi connectivity index (χ3v) is 8.52. The second-order valence-corrected chi connectivity index (χ2v) is 12.4. The highest BCUT2D eigenvalue weighted by atomic mass is 19.4. The number of aromatic nitrogens is 2. The van der Waals surface area contributed by atoms with E-state index in [0.717, 1.165) is 10.5 Å². The maximum atomic E-state index is 15.1. The Morgan fingerprint density at radius 1 is 0.891 bits per heavy atom. The van der Waals surface area contributed by atoms with Gasteiger partial charge in [0.15, 0.2) is 6.61 Å². The summed E-state index contributed by atoms with van der Waals surface area (Å²) in [5, 5.41) is 0. The first-order chi connectivity index (χ1) is 26.4. The number of hydrogen-bond acceptors (Lipinski definition) is 9. The Labute approximate surface area is 313 Å². The van der Waals surface area contributed by atoms with Gasteiger partial charge < -0.3 is 25.0 Å². The maximum absolute atomic E-state index is 15.1. The first-order valence-electron chi connectivity index (χ1n) is 16.9. The highest BCUT2D eigenvalue weighted by molar-refractivity contribution is 6.11. The molecule has 0 fully saturated rings. The second-order valence-electron chi connectivity index (χ2n) is 12.4. The number of nitrogen functional groups attached to an aromatic ring is 1. The molecule has 1 aromatic heterocycles. The van der Waals surface area contributed by atoms with Crippen LogP contribution < -0.4 is 15.4 Å². The van der Waals surface area contributed by atoms with Gasteiger partial charge in [-0.3, -0.25) is 14.4 Å². The minimum Gasteiger partial charge on any atom is -0.464 e. The molecule has 11 nitrogen and oxygen atoms in total. The number of nitrogens with zero attached hydrogens (tertiary/aromatic N) is 4. The number of amides is 2. The van der Waals surface area contributed by atoms with Crippen LogP contribution in [0, 0.1) is 18.8 Å². The zero-order chi connectivity index (χ0) is 39.1. The Bertz CT molecular complexity index is 2260. The lowest BCUT2D eigenvalue weighted by Gasteiger charge is -2.37. The van der Waals surface area contributed by atoms with Crippen molar-refractivity contribution in [1.82, 2.24) is 14.9 Å². The summed E-state index contributed by atoms with van der Waals surface area (Å²) in [6, 6.07) is 29.0. The molecule has 0 saturated heterocycles. The van der Waals surface area contributed by atoms with E-state index in [9.17, 15) is 22.8 Å². The number of carbonyl (C=O) groups excluding carboxylic acids is 4. The van der Waals surface area contributed by atoms with Crippen LogP contribution in [0.4, 0.5) is 24.8 Å². The fourth-order valence-corrected chi connectivity index (χ4v) is 6.15. The minimum absolute atomic E-state index is 0.0234. The van der Waals surface area contributed by atoms with Gasteiger partial charge >= 0.3 is 18.1 Å². The van der Waals surface area contributed by atoms with E-state index < -0.39 is 48.4 Å². The lowest BCUT2D eigenvalue weighted by atomic mass is 9.95. The zero-order valence-corrected chi connectivity index (χ0v) is 29.2. The van der Waals surface area contributed by atoms with E-state index in [4.69, 9.17) is 10.5 Å². The Hall–Kier alpha value is -7.01. The summed E-state index contributed by atoms with van der Waals surface area (Å²) in [7, 11) is 0. The quantitative estimate of drug-likeness (QED) is 0.105. The molecule has 0 saturated carbocycles. The summed E-state index contributed by atoms with van der Waals surface area (Å²) in [5.41, 5.74) is 8.34. The molecule has 2 N–H and O–H groups in total. The van der Waals surface area contributed by atoms with Gasteiger partial charge in [-0.15, -0.1) is 0 Å². The van der Waals surface area contributed by atoms with Crippen molar-refractivity contribution in [3.8, 4) is 17.7 Å². The van der Waals surface area contributed by atoms with Gasteiger partial charge in [0.25, 0.3) is 11.8 Å². The number of carbonyl (C=O) groups is 4. The summed E-state index contributed by atoms with van der Waals surface area (Å²) < 4.78 is 49.3. The van der Waals surface area contributed by atoms with Crippen molar-refractivity contribution in [2.75, 3.05) is 17.2 Å². The Morgan fingerprint density at radius 3 is 2.20 bits per heavy atom. The van der Waals surface area contributed by atoms with Crippen molar-refractivity contribution < 1.29 is 41.8 Å². The average Bonchev–Trinajstić information content (AvgIpc) is 3.24. The molecule has 2 atom stereocenters. The number of esters is 2. The van der Waals surface area contributed by atoms with Crippen LogP contribution in [-0.4, -0.2) is 51.4 Å². The topological polar surface area (TPSA) is 145 Å². The SMILES string of the molecule is Cc1cc(OCC#Cc2ccc3c(c2)C(=O)N(C(CC(=O)OC(=O)C(F)(F)F)c2ccccc2)C(c2ccccc2)C(=O)N3Cc2ccccc2)nc(N)n1.